The highest BCUT2D eigenvalue weighted by Gasteiger charge is 2.11. The molecule has 4 heteroatoms. The molecule has 15 heavy (non-hydrogen) atoms. The highest BCUT2D eigenvalue weighted by Crippen LogP contribution is 2.31. The third-order valence-electron chi connectivity index (χ3n) is 2.46. The standard InChI is InChI=1S/C11H14BrNO2/c1-6-5-9(13-11(12)14)7(2)8(3)10(6)15-4/h5H,1-4H3,(H,13,14). The number of anilines is 1. The number of carbonyl (C=O) groups excluding carboxylic acids is 1. The van der Waals surface area contributed by atoms with Crippen molar-refractivity contribution in [1.82, 2.24) is 0 Å². The van der Waals surface area contributed by atoms with Crippen LogP contribution in [0, 0.1) is 20.8 Å². The van der Waals surface area contributed by atoms with Crippen LogP contribution in [0.5, 0.6) is 5.75 Å². The molecule has 0 saturated heterocycles. The fourth-order valence-corrected chi connectivity index (χ4v) is 1.82. The molecule has 0 atom stereocenters. The maximum atomic E-state index is 10.9. The van der Waals surface area contributed by atoms with Crippen LogP contribution in [0.25, 0.3) is 0 Å². The van der Waals surface area contributed by atoms with Crippen LogP contribution in [-0.4, -0.2) is 11.9 Å². The zero-order chi connectivity index (χ0) is 11.6. The maximum absolute atomic E-state index is 10.9. The lowest BCUT2D eigenvalue weighted by molar-refractivity contribution is 0.270. The van der Waals surface area contributed by atoms with Gasteiger partial charge in [0.1, 0.15) is 5.75 Å². The number of carbonyl (C=O) groups is 1. The molecule has 0 spiro atoms. The van der Waals surface area contributed by atoms with E-state index in [1.54, 1.807) is 7.11 Å². The Morgan fingerprint density at radius 3 is 2.40 bits per heavy atom. The largest absolute Gasteiger partial charge is 0.496 e. The summed E-state index contributed by atoms with van der Waals surface area (Å²) < 4.78 is 5.29. The molecule has 0 aliphatic carbocycles. The Kier molecular flexibility index (Phi) is 3.74. The minimum absolute atomic E-state index is 0.241. The first kappa shape index (κ1) is 12.0. The van der Waals surface area contributed by atoms with E-state index < -0.39 is 0 Å². The fourth-order valence-electron chi connectivity index (χ4n) is 1.61. The van der Waals surface area contributed by atoms with E-state index in [9.17, 15) is 4.79 Å². The molecule has 3 nitrogen and oxygen atoms in total. The summed E-state index contributed by atoms with van der Waals surface area (Å²) in [7, 11) is 1.65. The molecule has 0 heterocycles. The van der Waals surface area contributed by atoms with Crippen molar-refractivity contribution in [2.24, 2.45) is 0 Å². The van der Waals surface area contributed by atoms with Gasteiger partial charge in [0.2, 0.25) is 0 Å². The molecular formula is C11H14BrNO2. The second-order valence-corrected chi connectivity index (χ2v) is 4.14. The number of methoxy groups -OCH3 is 1. The number of nitrogens with one attached hydrogen (secondary N) is 1. The van der Waals surface area contributed by atoms with E-state index >= 15 is 0 Å². The molecule has 1 rings (SSSR count). The minimum atomic E-state index is -0.241. The highest BCUT2D eigenvalue weighted by molar-refractivity contribution is 9.18. The Morgan fingerprint density at radius 1 is 1.33 bits per heavy atom. The van der Waals surface area contributed by atoms with Crippen molar-refractivity contribution in [3.63, 3.8) is 0 Å². The number of ether oxygens (including phenoxy) is 1. The average Bonchev–Trinajstić information content (AvgIpc) is 2.14. The molecule has 1 aromatic carbocycles. The molecule has 0 aliphatic rings. The average molecular weight is 272 g/mol. The third kappa shape index (κ3) is 2.50. The van der Waals surface area contributed by atoms with Crippen molar-refractivity contribution in [2.75, 3.05) is 12.4 Å². The summed E-state index contributed by atoms with van der Waals surface area (Å²) >= 11 is 2.85. The van der Waals surface area contributed by atoms with Crippen LogP contribution >= 0.6 is 15.9 Å². The van der Waals surface area contributed by atoms with E-state index in [4.69, 9.17) is 4.74 Å². The minimum Gasteiger partial charge on any atom is -0.496 e. The molecule has 0 bridgehead atoms. The Balaban J connectivity index is 3.27. The van der Waals surface area contributed by atoms with Crippen molar-refractivity contribution < 1.29 is 9.53 Å². The molecule has 0 aliphatic heterocycles. The number of rotatable bonds is 2. The van der Waals surface area contributed by atoms with Crippen molar-refractivity contribution >= 4 is 26.4 Å². The van der Waals surface area contributed by atoms with Crippen molar-refractivity contribution in [3.8, 4) is 5.75 Å². The summed E-state index contributed by atoms with van der Waals surface area (Å²) in [6, 6.07) is 1.90. The summed E-state index contributed by atoms with van der Waals surface area (Å²) in [6.07, 6.45) is 0. The zero-order valence-electron chi connectivity index (χ0n) is 9.27. The van der Waals surface area contributed by atoms with Gasteiger partial charge < -0.3 is 10.1 Å². The van der Waals surface area contributed by atoms with Crippen molar-refractivity contribution in [2.45, 2.75) is 20.8 Å². The second-order valence-electron chi connectivity index (χ2n) is 3.42. The summed E-state index contributed by atoms with van der Waals surface area (Å²) in [6.45, 7) is 5.88. The third-order valence-corrected chi connectivity index (χ3v) is 2.66. The summed E-state index contributed by atoms with van der Waals surface area (Å²) in [4.78, 5) is 10.7. The lowest BCUT2D eigenvalue weighted by Crippen LogP contribution is -2.05. The zero-order valence-corrected chi connectivity index (χ0v) is 10.9. The quantitative estimate of drug-likeness (QED) is 0.660. The number of halogens is 1. The molecule has 0 unspecified atom stereocenters. The summed E-state index contributed by atoms with van der Waals surface area (Å²) in [5.74, 6) is 0.875. The van der Waals surface area contributed by atoms with Gasteiger partial charge in [-0.3, -0.25) is 4.79 Å². The Hall–Kier alpha value is -1.03. The lowest BCUT2D eigenvalue weighted by Gasteiger charge is -2.15. The Bertz CT molecular complexity index is 402. The van der Waals surface area contributed by atoms with Gasteiger partial charge in [-0.2, -0.15) is 0 Å². The molecule has 1 N–H and O–H groups in total. The van der Waals surface area contributed by atoms with Gasteiger partial charge in [-0.25, -0.2) is 0 Å². The van der Waals surface area contributed by atoms with Gasteiger partial charge in [0.25, 0.3) is 4.82 Å². The molecule has 1 aromatic rings. The number of benzene rings is 1. The topological polar surface area (TPSA) is 38.3 Å². The van der Waals surface area contributed by atoms with Gasteiger partial charge in [-0.05, 0) is 43.5 Å². The van der Waals surface area contributed by atoms with Gasteiger partial charge in [-0.1, -0.05) is 0 Å². The molecular weight excluding hydrogens is 258 g/mol. The SMILES string of the molecule is COc1c(C)cc(NC(=O)Br)c(C)c1C. The number of amides is 1. The number of hydrogen-bond acceptors (Lipinski definition) is 2. The summed E-state index contributed by atoms with van der Waals surface area (Å²) in [5.41, 5.74) is 3.89. The highest BCUT2D eigenvalue weighted by atomic mass is 79.9. The molecule has 0 saturated carbocycles. The van der Waals surface area contributed by atoms with E-state index in [0.29, 0.717) is 0 Å². The fraction of sp³-hybridized carbons (Fsp3) is 0.364. The Labute approximate surface area is 97.9 Å². The second kappa shape index (κ2) is 4.66. The van der Waals surface area contributed by atoms with Crippen LogP contribution in [0.15, 0.2) is 6.07 Å². The van der Waals surface area contributed by atoms with E-state index in [-0.39, 0.29) is 4.82 Å². The van der Waals surface area contributed by atoms with Gasteiger partial charge in [-0.15, -0.1) is 0 Å². The predicted octanol–water partition coefficient (Wildman–Crippen LogP) is 3.55. The predicted molar refractivity (Wildman–Crippen MR) is 65.2 cm³/mol. The van der Waals surface area contributed by atoms with Crippen LogP contribution in [0.1, 0.15) is 16.7 Å². The lowest BCUT2D eigenvalue weighted by atomic mass is 10.0. The van der Waals surface area contributed by atoms with Gasteiger partial charge >= 0.3 is 0 Å². The van der Waals surface area contributed by atoms with E-state index in [2.05, 4.69) is 21.2 Å². The molecule has 0 aromatic heterocycles. The monoisotopic (exact) mass is 271 g/mol. The van der Waals surface area contributed by atoms with Crippen LogP contribution in [0.3, 0.4) is 0 Å². The number of hydrogen-bond donors (Lipinski definition) is 1. The number of aryl methyl sites for hydroxylation is 1. The van der Waals surface area contributed by atoms with Crippen molar-refractivity contribution in [1.29, 1.82) is 0 Å². The first-order valence-corrected chi connectivity index (χ1v) is 5.38. The van der Waals surface area contributed by atoms with Crippen molar-refractivity contribution in [3.05, 3.63) is 22.8 Å². The Morgan fingerprint density at radius 2 is 1.93 bits per heavy atom. The first-order valence-electron chi connectivity index (χ1n) is 4.58. The smallest absolute Gasteiger partial charge is 0.291 e. The molecule has 82 valence electrons. The summed E-state index contributed by atoms with van der Waals surface area (Å²) in [5, 5.41) is 2.73. The van der Waals surface area contributed by atoms with Crippen LogP contribution < -0.4 is 10.1 Å². The van der Waals surface area contributed by atoms with Gasteiger partial charge in [0.05, 0.1) is 7.11 Å². The molecule has 0 radical (unpaired) electrons. The van der Waals surface area contributed by atoms with Gasteiger partial charge in [0, 0.05) is 21.6 Å². The first-order chi connectivity index (χ1) is 6.97. The van der Waals surface area contributed by atoms with Gasteiger partial charge in [0.15, 0.2) is 0 Å². The van der Waals surface area contributed by atoms with E-state index in [0.717, 1.165) is 28.1 Å². The normalized spacial score (nSPS) is 9.93. The van der Waals surface area contributed by atoms with Crippen LogP contribution in [-0.2, 0) is 0 Å². The van der Waals surface area contributed by atoms with E-state index in [1.807, 2.05) is 26.8 Å². The van der Waals surface area contributed by atoms with Crippen LogP contribution in [0.4, 0.5) is 10.5 Å². The molecule has 1 amide bonds. The maximum Gasteiger partial charge on any atom is 0.291 e. The molecule has 0 fully saturated rings. The van der Waals surface area contributed by atoms with Crippen LogP contribution in [0.2, 0.25) is 0 Å². The van der Waals surface area contributed by atoms with E-state index in [1.165, 1.54) is 0 Å².